The van der Waals surface area contributed by atoms with Crippen LogP contribution in [0.15, 0.2) is 18.2 Å². The van der Waals surface area contributed by atoms with Gasteiger partial charge in [-0.25, -0.2) is 0 Å². The first kappa shape index (κ1) is 26.4. The molecule has 1 aromatic rings. The van der Waals surface area contributed by atoms with Crippen LogP contribution in [0.3, 0.4) is 0 Å². The summed E-state index contributed by atoms with van der Waals surface area (Å²) in [6, 6.07) is 6.85. The van der Waals surface area contributed by atoms with Gasteiger partial charge in [0.15, 0.2) is 0 Å². The van der Waals surface area contributed by atoms with Gasteiger partial charge < -0.3 is 10.0 Å². The molecule has 2 bridgehead atoms. The Labute approximate surface area is 198 Å². The molecule has 10 heteroatoms. The highest BCUT2D eigenvalue weighted by Gasteiger charge is 2.52. The zero-order valence-corrected chi connectivity index (χ0v) is 21.5. The van der Waals surface area contributed by atoms with Crippen LogP contribution in [-0.2, 0) is 40.4 Å². The molecule has 8 nitrogen and oxygen atoms in total. The van der Waals surface area contributed by atoms with E-state index >= 15 is 0 Å². The molecule has 1 heterocycles. The number of hydrogen-bond acceptors (Lipinski definition) is 8. The molecule has 2 aliphatic carbocycles. The summed E-state index contributed by atoms with van der Waals surface area (Å²) in [4.78, 5) is 2.59. The van der Waals surface area contributed by atoms with Gasteiger partial charge in [0.1, 0.15) is 5.75 Å². The molecule has 1 aliphatic heterocycles. The van der Waals surface area contributed by atoms with E-state index in [0.29, 0.717) is 24.0 Å². The second kappa shape index (κ2) is 10.6. The predicted octanol–water partition coefficient (Wildman–Crippen LogP) is 2.80. The van der Waals surface area contributed by atoms with E-state index in [4.69, 9.17) is 0 Å². The summed E-state index contributed by atoms with van der Waals surface area (Å²) in [5.74, 6) is 1.27. The first-order chi connectivity index (χ1) is 15.4. The SMILES string of the molecule is CN1CC[C@]23CCCC[C@H]2[C@H]1Cc1ccc(O)cc13.CS(=O)(=O)OCCCCOS(C)(=O)=O. The molecule has 4 rings (SSSR count). The van der Waals surface area contributed by atoms with Crippen molar-refractivity contribution in [2.45, 2.75) is 62.8 Å². The number of fused-ring (bicyclic) bond motifs is 1. The number of piperidine rings is 1. The smallest absolute Gasteiger partial charge is 0.264 e. The van der Waals surface area contributed by atoms with Crippen LogP contribution in [0.5, 0.6) is 5.75 Å². The van der Waals surface area contributed by atoms with Crippen molar-refractivity contribution in [3.63, 3.8) is 0 Å². The van der Waals surface area contributed by atoms with Crippen LogP contribution in [-0.4, -0.2) is 72.2 Å². The van der Waals surface area contributed by atoms with Crippen LogP contribution in [0.4, 0.5) is 0 Å². The average molecular weight is 504 g/mol. The number of aromatic hydroxyl groups is 1. The molecule has 1 saturated carbocycles. The van der Waals surface area contributed by atoms with Crippen LogP contribution in [0.25, 0.3) is 0 Å². The number of hydrogen-bond donors (Lipinski definition) is 1. The average Bonchev–Trinajstić information content (AvgIpc) is 2.73. The van der Waals surface area contributed by atoms with Crippen LogP contribution >= 0.6 is 0 Å². The molecule has 2 fully saturated rings. The highest BCUT2D eigenvalue weighted by molar-refractivity contribution is 7.86. The largest absolute Gasteiger partial charge is 0.508 e. The summed E-state index contributed by atoms with van der Waals surface area (Å²) < 4.78 is 50.8. The number of unbranched alkanes of at least 4 members (excludes halogenated alkanes) is 1. The minimum Gasteiger partial charge on any atom is -0.508 e. The first-order valence-electron chi connectivity index (χ1n) is 11.6. The Morgan fingerprint density at radius 3 is 2.27 bits per heavy atom. The van der Waals surface area contributed by atoms with Gasteiger partial charge in [-0.05, 0) is 81.3 Å². The number of nitrogens with zero attached hydrogens (tertiary/aromatic N) is 1. The monoisotopic (exact) mass is 503 g/mol. The van der Waals surface area contributed by atoms with Gasteiger partial charge in [-0.2, -0.15) is 16.8 Å². The topological polar surface area (TPSA) is 110 Å². The summed E-state index contributed by atoms with van der Waals surface area (Å²) in [5, 5.41) is 9.91. The van der Waals surface area contributed by atoms with E-state index in [1.54, 1.807) is 0 Å². The molecule has 1 aromatic carbocycles. The van der Waals surface area contributed by atoms with Crippen LogP contribution < -0.4 is 0 Å². The van der Waals surface area contributed by atoms with Gasteiger partial charge in [0.25, 0.3) is 20.2 Å². The summed E-state index contributed by atoms with van der Waals surface area (Å²) in [6.45, 7) is 1.31. The Morgan fingerprint density at radius 1 is 1.03 bits per heavy atom. The molecule has 3 atom stereocenters. The van der Waals surface area contributed by atoms with Crippen molar-refractivity contribution >= 4 is 20.2 Å². The Morgan fingerprint density at radius 2 is 1.67 bits per heavy atom. The van der Waals surface area contributed by atoms with Crippen LogP contribution in [0.2, 0.25) is 0 Å². The van der Waals surface area contributed by atoms with E-state index in [1.807, 2.05) is 6.07 Å². The van der Waals surface area contributed by atoms with Crippen molar-refractivity contribution in [3.8, 4) is 5.75 Å². The molecule has 3 aliphatic rings. The summed E-state index contributed by atoms with van der Waals surface area (Å²) in [5.41, 5.74) is 3.36. The molecule has 0 radical (unpaired) electrons. The maximum Gasteiger partial charge on any atom is 0.264 e. The van der Waals surface area contributed by atoms with Crippen molar-refractivity contribution < 1.29 is 30.3 Å². The van der Waals surface area contributed by atoms with E-state index in [2.05, 4.69) is 32.4 Å². The van der Waals surface area contributed by atoms with Crippen molar-refractivity contribution in [1.82, 2.24) is 4.90 Å². The van der Waals surface area contributed by atoms with E-state index in [1.165, 1.54) is 56.2 Å². The van der Waals surface area contributed by atoms with Crippen molar-refractivity contribution in [2.24, 2.45) is 5.92 Å². The lowest BCUT2D eigenvalue weighted by atomic mass is 9.52. The van der Waals surface area contributed by atoms with Crippen LogP contribution in [0, 0.1) is 5.92 Å². The highest BCUT2D eigenvalue weighted by atomic mass is 32.2. The zero-order chi connectivity index (χ0) is 24.3. The molecule has 0 spiro atoms. The molecule has 188 valence electrons. The molecular formula is C23H37NO7S2. The van der Waals surface area contributed by atoms with Gasteiger partial charge in [0.05, 0.1) is 25.7 Å². The fourth-order valence-corrected chi connectivity index (χ4v) is 6.65. The van der Waals surface area contributed by atoms with Crippen LogP contribution in [0.1, 0.15) is 56.1 Å². The standard InChI is InChI=1S/C17H23NO.C6H14O6S2/c1-18-9-8-17-7-3-2-4-14(17)16(18)10-12-5-6-13(19)11-15(12)17;1-13(7,8)11-5-3-4-6-12-14(2,9)10/h5-6,11,14,16,19H,2-4,7-10H2,1H3;3-6H2,1-2H3/t14-,16+,17+;/m0./s1. The number of phenols is 1. The Balaban J connectivity index is 0.000000197. The van der Waals surface area contributed by atoms with E-state index < -0.39 is 20.2 Å². The third-order valence-electron chi connectivity index (χ3n) is 7.23. The Bertz CT molecular complexity index is 989. The number of rotatable bonds is 7. The highest BCUT2D eigenvalue weighted by Crippen LogP contribution is 2.55. The number of phenolic OH excluding ortho intramolecular Hbond substituents is 1. The quantitative estimate of drug-likeness (QED) is 0.447. The summed E-state index contributed by atoms with van der Waals surface area (Å²) >= 11 is 0. The minimum absolute atomic E-state index is 0.0476. The van der Waals surface area contributed by atoms with Gasteiger partial charge >= 0.3 is 0 Å². The van der Waals surface area contributed by atoms with Gasteiger partial charge in [-0.15, -0.1) is 0 Å². The second-order valence-corrected chi connectivity index (χ2v) is 12.9. The van der Waals surface area contributed by atoms with E-state index in [0.717, 1.165) is 24.5 Å². The summed E-state index contributed by atoms with van der Waals surface area (Å²) in [7, 11) is -4.50. The second-order valence-electron chi connectivity index (χ2n) is 9.61. The summed E-state index contributed by atoms with van der Waals surface area (Å²) in [6.07, 6.45) is 10.7. The third kappa shape index (κ3) is 6.91. The number of benzene rings is 1. The normalized spacial score (nSPS) is 27.1. The van der Waals surface area contributed by atoms with Gasteiger partial charge in [-0.1, -0.05) is 18.9 Å². The van der Waals surface area contributed by atoms with Crippen molar-refractivity contribution in [2.75, 3.05) is 39.3 Å². The van der Waals surface area contributed by atoms with Gasteiger partial charge in [-0.3, -0.25) is 8.37 Å². The lowest BCUT2D eigenvalue weighted by molar-refractivity contribution is 0.00274. The minimum atomic E-state index is -3.40. The molecule has 0 unspecified atom stereocenters. The van der Waals surface area contributed by atoms with Gasteiger partial charge in [0, 0.05) is 11.5 Å². The maximum absolute atomic E-state index is 10.5. The molecule has 1 N–H and O–H groups in total. The van der Waals surface area contributed by atoms with Gasteiger partial charge in [0.2, 0.25) is 0 Å². The predicted molar refractivity (Wildman–Crippen MR) is 127 cm³/mol. The molecular weight excluding hydrogens is 466 g/mol. The lowest BCUT2D eigenvalue weighted by Gasteiger charge is -2.58. The fourth-order valence-electron chi connectivity index (χ4n) is 5.81. The third-order valence-corrected chi connectivity index (χ3v) is 8.42. The molecule has 0 aromatic heterocycles. The Hall–Kier alpha value is -1.20. The zero-order valence-electron chi connectivity index (χ0n) is 19.8. The van der Waals surface area contributed by atoms with Crippen molar-refractivity contribution in [3.05, 3.63) is 29.3 Å². The number of likely N-dealkylation sites (tertiary alicyclic amines) is 1. The lowest BCUT2D eigenvalue weighted by Crippen LogP contribution is -2.59. The van der Waals surface area contributed by atoms with Crippen molar-refractivity contribution in [1.29, 1.82) is 0 Å². The fraction of sp³-hybridized carbons (Fsp3) is 0.739. The van der Waals surface area contributed by atoms with E-state index in [9.17, 15) is 21.9 Å². The number of likely N-dealkylation sites (N-methyl/N-ethyl adjacent to an activating group) is 1. The van der Waals surface area contributed by atoms with E-state index in [-0.39, 0.29) is 13.2 Å². The molecule has 1 saturated heterocycles. The maximum atomic E-state index is 10.5. The Kier molecular flexibility index (Phi) is 8.48. The molecule has 33 heavy (non-hydrogen) atoms. The molecule has 0 amide bonds. The first-order valence-corrected chi connectivity index (χ1v) is 15.3.